The summed E-state index contributed by atoms with van der Waals surface area (Å²) in [6.45, 7) is 5.25. The third-order valence-electron chi connectivity index (χ3n) is 2.92. The molecule has 1 fully saturated rings. The summed E-state index contributed by atoms with van der Waals surface area (Å²) in [6.07, 6.45) is 3.62. The zero-order valence-electron chi connectivity index (χ0n) is 11.8. The highest BCUT2D eigenvalue weighted by Gasteiger charge is 2.34. The van der Waals surface area contributed by atoms with Crippen molar-refractivity contribution >= 4 is 16.0 Å². The molecule has 0 saturated heterocycles. The van der Waals surface area contributed by atoms with Gasteiger partial charge in [-0.2, -0.15) is 17.4 Å². The molecule has 0 amide bonds. The minimum absolute atomic E-state index is 0.0832. The predicted octanol–water partition coefficient (Wildman–Crippen LogP) is 0.610. The second-order valence-corrected chi connectivity index (χ2v) is 7.56. The van der Waals surface area contributed by atoms with Crippen LogP contribution in [0.5, 0.6) is 0 Å². The van der Waals surface area contributed by atoms with Gasteiger partial charge in [0, 0.05) is 11.6 Å². The minimum Gasteiger partial charge on any atom is -0.409 e. The molecular formula is C11H24N4O3S. The van der Waals surface area contributed by atoms with Crippen molar-refractivity contribution in [3.05, 3.63) is 0 Å². The van der Waals surface area contributed by atoms with Gasteiger partial charge < -0.3 is 10.9 Å². The second kappa shape index (κ2) is 6.06. The number of hydrogen-bond donors (Lipinski definition) is 3. The first kappa shape index (κ1) is 16.2. The molecule has 112 valence electrons. The highest BCUT2D eigenvalue weighted by Crippen LogP contribution is 2.25. The molecule has 8 heteroatoms. The third kappa shape index (κ3) is 4.96. The fourth-order valence-electron chi connectivity index (χ4n) is 2.24. The van der Waals surface area contributed by atoms with Gasteiger partial charge in [-0.25, -0.2) is 0 Å². The molecular weight excluding hydrogens is 268 g/mol. The number of oxime groups is 1. The molecule has 1 aliphatic carbocycles. The van der Waals surface area contributed by atoms with Crippen molar-refractivity contribution in [1.82, 2.24) is 9.03 Å². The fourth-order valence-corrected chi connectivity index (χ4v) is 4.04. The van der Waals surface area contributed by atoms with Crippen LogP contribution in [0.15, 0.2) is 5.16 Å². The lowest BCUT2D eigenvalue weighted by atomic mass is 10.1. The lowest BCUT2D eigenvalue weighted by Crippen LogP contribution is -2.53. The molecule has 0 radical (unpaired) electrons. The maximum absolute atomic E-state index is 12.4. The van der Waals surface area contributed by atoms with E-state index in [1.165, 1.54) is 4.31 Å². The summed E-state index contributed by atoms with van der Waals surface area (Å²) in [4.78, 5) is 0. The number of hydrogen-bond acceptors (Lipinski definition) is 4. The van der Waals surface area contributed by atoms with Crippen molar-refractivity contribution in [3.63, 3.8) is 0 Å². The molecule has 0 heterocycles. The molecule has 4 N–H and O–H groups in total. The van der Waals surface area contributed by atoms with Crippen molar-refractivity contribution < 1.29 is 13.6 Å². The summed E-state index contributed by atoms with van der Waals surface area (Å²) in [5, 5.41) is 11.5. The zero-order valence-corrected chi connectivity index (χ0v) is 12.6. The normalized spacial score (nSPS) is 19.3. The quantitative estimate of drug-likeness (QED) is 0.298. The third-order valence-corrected chi connectivity index (χ3v) is 4.84. The van der Waals surface area contributed by atoms with Gasteiger partial charge in [0.25, 0.3) is 10.2 Å². The van der Waals surface area contributed by atoms with Gasteiger partial charge in [-0.15, -0.1) is 0 Å². The van der Waals surface area contributed by atoms with E-state index in [1.54, 1.807) is 20.8 Å². The molecule has 19 heavy (non-hydrogen) atoms. The second-order valence-electron chi connectivity index (χ2n) is 5.93. The Kier molecular flexibility index (Phi) is 5.17. The van der Waals surface area contributed by atoms with Crippen molar-refractivity contribution in [3.8, 4) is 0 Å². The van der Waals surface area contributed by atoms with E-state index in [9.17, 15) is 8.42 Å². The molecule has 1 rings (SSSR count). The first-order valence-electron chi connectivity index (χ1n) is 6.43. The molecule has 7 nitrogen and oxygen atoms in total. The summed E-state index contributed by atoms with van der Waals surface area (Å²) in [7, 11) is -3.66. The molecule has 0 unspecified atom stereocenters. The standard InChI is InChI=1S/C11H24N4O3S/c1-11(2,3)14-19(17,18)15(8-10(12)13-16)9-6-4-5-7-9/h9,14,16H,4-8H2,1-3H3,(H2,12,13). The van der Waals surface area contributed by atoms with Crippen molar-refractivity contribution in [1.29, 1.82) is 0 Å². The average Bonchev–Trinajstić information content (AvgIpc) is 2.74. The van der Waals surface area contributed by atoms with E-state index >= 15 is 0 Å². The molecule has 0 aromatic rings. The molecule has 0 aliphatic heterocycles. The maximum atomic E-state index is 12.4. The predicted molar refractivity (Wildman–Crippen MR) is 74.2 cm³/mol. The van der Waals surface area contributed by atoms with Crippen molar-refractivity contribution in [2.75, 3.05) is 6.54 Å². The molecule has 0 aromatic heterocycles. The molecule has 0 atom stereocenters. The van der Waals surface area contributed by atoms with Gasteiger partial charge in [0.1, 0.15) is 0 Å². The largest absolute Gasteiger partial charge is 0.409 e. The van der Waals surface area contributed by atoms with Crippen LogP contribution in [0.25, 0.3) is 0 Å². The number of nitrogens with two attached hydrogens (primary N) is 1. The first-order chi connectivity index (χ1) is 8.65. The van der Waals surface area contributed by atoms with Crippen LogP contribution in [-0.2, 0) is 10.2 Å². The first-order valence-corrected chi connectivity index (χ1v) is 7.87. The Bertz CT molecular complexity index is 422. The van der Waals surface area contributed by atoms with Crippen molar-refractivity contribution in [2.45, 2.75) is 58.0 Å². The highest BCUT2D eigenvalue weighted by molar-refractivity contribution is 7.87. The van der Waals surface area contributed by atoms with Crippen LogP contribution in [-0.4, -0.2) is 41.9 Å². The van der Waals surface area contributed by atoms with E-state index in [2.05, 4.69) is 9.88 Å². The summed E-state index contributed by atoms with van der Waals surface area (Å²) < 4.78 is 28.7. The van der Waals surface area contributed by atoms with Crippen LogP contribution in [0, 0.1) is 0 Å². The number of nitrogens with zero attached hydrogens (tertiary/aromatic N) is 2. The monoisotopic (exact) mass is 292 g/mol. The zero-order chi connectivity index (χ0) is 14.7. The number of nitrogens with one attached hydrogen (secondary N) is 1. The van der Waals surface area contributed by atoms with Crippen LogP contribution < -0.4 is 10.5 Å². The van der Waals surface area contributed by atoms with Crippen LogP contribution in [0.1, 0.15) is 46.5 Å². The van der Waals surface area contributed by atoms with E-state index in [0.29, 0.717) is 0 Å². The van der Waals surface area contributed by atoms with Crippen LogP contribution in [0.4, 0.5) is 0 Å². The van der Waals surface area contributed by atoms with Crippen LogP contribution in [0.3, 0.4) is 0 Å². The SMILES string of the molecule is CC(C)(C)NS(=O)(=O)N(CC(N)=NO)C1CCCC1. The maximum Gasteiger partial charge on any atom is 0.280 e. The topological polar surface area (TPSA) is 108 Å². The minimum atomic E-state index is -3.66. The summed E-state index contributed by atoms with van der Waals surface area (Å²) >= 11 is 0. The average molecular weight is 292 g/mol. The van der Waals surface area contributed by atoms with Crippen LogP contribution >= 0.6 is 0 Å². The Balaban J connectivity index is 2.94. The van der Waals surface area contributed by atoms with Crippen LogP contribution in [0.2, 0.25) is 0 Å². The Morgan fingerprint density at radius 2 is 1.95 bits per heavy atom. The van der Waals surface area contributed by atoms with Gasteiger partial charge >= 0.3 is 0 Å². The lowest BCUT2D eigenvalue weighted by molar-refractivity contribution is 0.306. The Labute approximate surface area is 115 Å². The molecule has 0 aromatic carbocycles. The Morgan fingerprint density at radius 3 is 2.37 bits per heavy atom. The molecule has 1 aliphatic rings. The summed E-state index contributed by atoms with van der Waals surface area (Å²) in [5.41, 5.74) is 4.90. The van der Waals surface area contributed by atoms with Gasteiger partial charge in [0.05, 0.1) is 6.54 Å². The number of amidine groups is 1. The van der Waals surface area contributed by atoms with Gasteiger partial charge in [0.15, 0.2) is 5.84 Å². The van der Waals surface area contributed by atoms with Gasteiger partial charge in [-0.05, 0) is 33.6 Å². The van der Waals surface area contributed by atoms with Crippen molar-refractivity contribution in [2.24, 2.45) is 10.9 Å². The van der Waals surface area contributed by atoms with E-state index < -0.39 is 15.7 Å². The van der Waals surface area contributed by atoms with E-state index in [4.69, 9.17) is 10.9 Å². The molecule has 1 saturated carbocycles. The molecule has 0 spiro atoms. The Morgan fingerprint density at radius 1 is 1.42 bits per heavy atom. The fraction of sp³-hybridized carbons (Fsp3) is 0.909. The summed E-state index contributed by atoms with van der Waals surface area (Å²) in [5.74, 6) is -0.105. The Hall–Kier alpha value is -0.860. The van der Waals surface area contributed by atoms with E-state index in [-0.39, 0.29) is 18.4 Å². The summed E-state index contributed by atoms with van der Waals surface area (Å²) in [6, 6.07) is -0.0832. The molecule has 0 bridgehead atoms. The number of rotatable bonds is 5. The van der Waals surface area contributed by atoms with Gasteiger partial charge in [-0.3, -0.25) is 0 Å². The van der Waals surface area contributed by atoms with Gasteiger partial charge in [-0.1, -0.05) is 18.0 Å². The lowest BCUT2D eigenvalue weighted by Gasteiger charge is -2.31. The van der Waals surface area contributed by atoms with E-state index in [0.717, 1.165) is 25.7 Å². The smallest absolute Gasteiger partial charge is 0.280 e. The van der Waals surface area contributed by atoms with E-state index in [1.807, 2.05) is 0 Å². The highest BCUT2D eigenvalue weighted by atomic mass is 32.2. The van der Waals surface area contributed by atoms with Gasteiger partial charge in [0.2, 0.25) is 0 Å².